The molecule has 4 nitrogen and oxygen atoms in total. The number of halogens is 1. The van der Waals surface area contributed by atoms with Crippen molar-refractivity contribution >= 4 is 17.5 Å². The van der Waals surface area contributed by atoms with Gasteiger partial charge in [0.2, 0.25) is 0 Å². The monoisotopic (exact) mass is 305 g/mol. The maximum Gasteiger partial charge on any atom is 0.251 e. The lowest BCUT2D eigenvalue weighted by Crippen LogP contribution is -2.38. The van der Waals surface area contributed by atoms with E-state index >= 15 is 0 Å². The quantitative estimate of drug-likeness (QED) is 0.903. The molecule has 1 heterocycles. The van der Waals surface area contributed by atoms with Gasteiger partial charge in [-0.1, -0.05) is 43.0 Å². The lowest BCUT2D eigenvalue weighted by atomic mass is 9.81. The zero-order valence-electron chi connectivity index (χ0n) is 12.0. The van der Waals surface area contributed by atoms with Crippen LogP contribution in [0.1, 0.15) is 55.6 Å². The van der Waals surface area contributed by atoms with Crippen LogP contribution < -0.4 is 5.73 Å². The minimum atomic E-state index is -1.02. The van der Waals surface area contributed by atoms with Crippen LogP contribution in [-0.4, -0.2) is 12.5 Å². The van der Waals surface area contributed by atoms with Crippen molar-refractivity contribution in [2.24, 2.45) is 16.0 Å². The lowest BCUT2D eigenvalue weighted by Gasteiger charge is -2.25. The van der Waals surface area contributed by atoms with Gasteiger partial charge in [-0.15, -0.1) is 0 Å². The zero-order chi connectivity index (χ0) is 14.9. The highest BCUT2D eigenvalue weighted by atomic mass is 35.5. The summed E-state index contributed by atoms with van der Waals surface area (Å²) in [5, 5.41) is 8.79. The third kappa shape index (κ3) is 2.57. The Labute approximate surface area is 129 Å². The fourth-order valence-electron chi connectivity index (χ4n) is 3.48. The molecule has 1 aromatic carbocycles. The number of primary amides is 1. The first-order valence-corrected chi connectivity index (χ1v) is 8.00. The van der Waals surface area contributed by atoms with E-state index in [2.05, 4.69) is 10.2 Å². The normalized spacial score (nSPS) is 26.1. The van der Waals surface area contributed by atoms with Crippen LogP contribution in [0.15, 0.2) is 28.4 Å². The molecule has 0 spiro atoms. The van der Waals surface area contributed by atoms with E-state index in [1.165, 1.54) is 37.7 Å². The Bertz CT molecular complexity index is 581. The van der Waals surface area contributed by atoms with Crippen LogP contribution in [-0.2, 0) is 10.3 Å². The molecule has 2 aliphatic rings. The molecule has 1 aliphatic heterocycles. The number of carbonyl (C=O) groups excluding carboxylic acids is 1. The second-order valence-corrected chi connectivity index (χ2v) is 6.42. The van der Waals surface area contributed by atoms with E-state index in [9.17, 15) is 4.79 Å². The van der Waals surface area contributed by atoms with Crippen LogP contribution in [0.2, 0.25) is 5.02 Å². The zero-order valence-corrected chi connectivity index (χ0v) is 12.8. The van der Waals surface area contributed by atoms with Gasteiger partial charge >= 0.3 is 0 Å². The average molecular weight is 306 g/mol. The molecule has 5 heteroatoms. The molecule has 112 valence electrons. The lowest BCUT2D eigenvalue weighted by molar-refractivity contribution is -0.123. The summed E-state index contributed by atoms with van der Waals surface area (Å²) in [5.74, 6) is 0.0836. The molecule has 3 rings (SSSR count). The van der Waals surface area contributed by atoms with Gasteiger partial charge in [-0.05, 0) is 36.0 Å². The molecular weight excluding hydrogens is 286 g/mol. The fraction of sp³-hybridized carbons (Fsp3) is 0.562. The van der Waals surface area contributed by atoms with Crippen LogP contribution >= 0.6 is 11.6 Å². The molecule has 1 aliphatic carbocycles. The van der Waals surface area contributed by atoms with Crippen molar-refractivity contribution in [3.63, 3.8) is 0 Å². The third-order valence-corrected chi connectivity index (χ3v) is 5.07. The molecule has 0 bridgehead atoms. The van der Waals surface area contributed by atoms with Crippen molar-refractivity contribution in [2.45, 2.75) is 50.0 Å². The molecule has 1 amide bonds. The minimum Gasteiger partial charge on any atom is -0.367 e. The Morgan fingerprint density at radius 1 is 1.29 bits per heavy atom. The van der Waals surface area contributed by atoms with E-state index < -0.39 is 11.4 Å². The number of rotatable bonds is 3. The molecule has 0 aromatic heterocycles. The van der Waals surface area contributed by atoms with Crippen LogP contribution in [0.25, 0.3) is 0 Å². The SMILES string of the molecule is NC(=O)C1(c2ccc(C3CCCCC3)c(Cl)c2)CCN=N1. The van der Waals surface area contributed by atoms with E-state index in [4.69, 9.17) is 17.3 Å². The Kier molecular flexibility index (Phi) is 3.98. The number of carbonyl (C=O) groups is 1. The van der Waals surface area contributed by atoms with Crippen molar-refractivity contribution < 1.29 is 4.79 Å². The highest BCUT2D eigenvalue weighted by molar-refractivity contribution is 6.31. The smallest absolute Gasteiger partial charge is 0.251 e. The van der Waals surface area contributed by atoms with Crippen LogP contribution in [0.5, 0.6) is 0 Å². The molecular formula is C16H20ClN3O. The Morgan fingerprint density at radius 2 is 2.05 bits per heavy atom. The molecule has 0 radical (unpaired) electrons. The van der Waals surface area contributed by atoms with Crippen molar-refractivity contribution in [2.75, 3.05) is 6.54 Å². The van der Waals surface area contributed by atoms with Gasteiger partial charge < -0.3 is 5.73 Å². The van der Waals surface area contributed by atoms with Crippen LogP contribution in [0.3, 0.4) is 0 Å². The summed E-state index contributed by atoms with van der Waals surface area (Å²) in [4.78, 5) is 11.8. The Hall–Kier alpha value is -1.42. The summed E-state index contributed by atoms with van der Waals surface area (Å²) in [6.07, 6.45) is 6.77. The molecule has 1 atom stereocenters. The summed E-state index contributed by atoms with van der Waals surface area (Å²) in [5.41, 5.74) is 6.49. The predicted molar refractivity (Wildman–Crippen MR) is 82.5 cm³/mol. The molecule has 0 saturated heterocycles. The van der Waals surface area contributed by atoms with Gasteiger partial charge in [-0.3, -0.25) is 4.79 Å². The second kappa shape index (κ2) is 5.76. The van der Waals surface area contributed by atoms with E-state index in [-0.39, 0.29) is 0 Å². The summed E-state index contributed by atoms with van der Waals surface area (Å²) in [6.45, 7) is 0.533. The second-order valence-electron chi connectivity index (χ2n) is 6.01. The van der Waals surface area contributed by atoms with Gasteiger partial charge in [0.05, 0.1) is 6.54 Å². The number of nitrogens with two attached hydrogens (primary N) is 1. The number of azo groups is 1. The molecule has 1 unspecified atom stereocenters. The maximum atomic E-state index is 11.8. The standard InChI is InChI=1S/C16H20ClN3O/c17-14-10-12(16(15(18)21)8-9-19-20-16)6-7-13(14)11-4-2-1-3-5-11/h6-7,10-11H,1-5,8-9H2,(H2,18,21). The summed E-state index contributed by atoms with van der Waals surface area (Å²) in [6, 6.07) is 5.86. The minimum absolute atomic E-state index is 0.453. The summed E-state index contributed by atoms with van der Waals surface area (Å²) < 4.78 is 0. The van der Waals surface area contributed by atoms with E-state index in [0.29, 0.717) is 18.9 Å². The number of nitrogens with zero attached hydrogens (tertiary/aromatic N) is 2. The predicted octanol–water partition coefficient (Wildman–Crippen LogP) is 3.92. The maximum absolute atomic E-state index is 11.8. The molecule has 2 N–H and O–H groups in total. The third-order valence-electron chi connectivity index (χ3n) is 4.75. The van der Waals surface area contributed by atoms with E-state index in [0.717, 1.165) is 10.6 Å². The first-order valence-electron chi connectivity index (χ1n) is 7.62. The van der Waals surface area contributed by atoms with Crippen LogP contribution in [0.4, 0.5) is 0 Å². The number of benzene rings is 1. The first-order chi connectivity index (χ1) is 10.1. The number of hydrogen-bond acceptors (Lipinski definition) is 3. The highest BCUT2D eigenvalue weighted by Crippen LogP contribution is 2.40. The van der Waals surface area contributed by atoms with Crippen molar-refractivity contribution in [1.29, 1.82) is 0 Å². The first kappa shape index (κ1) is 14.5. The summed E-state index contributed by atoms with van der Waals surface area (Å²) in [7, 11) is 0. The fourth-order valence-corrected chi connectivity index (χ4v) is 3.81. The van der Waals surface area contributed by atoms with Gasteiger partial charge in [-0.25, -0.2) is 0 Å². The topological polar surface area (TPSA) is 67.8 Å². The average Bonchev–Trinajstić information content (AvgIpc) is 2.99. The Balaban J connectivity index is 1.93. The van der Waals surface area contributed by atoms with Crippen molar-refractivity contribution in [3.05, 3.63) is 34.3 Å². The van der Waals surface area contributed by atoms with Crippen molar-refractivity contribution in [1.82, 2.24) is 0 Å². The number of hydrogen-bond donors (Lipinski definition) is 1. The van der Waals surface area contributed by atoms with Gasteiger partial charge in [0.15, 0.2) is 5.54 Å². The van der Waals surface area contributed by atoms with E-state index in [1.807, 2.05) is 18.2 Å². The van der Waals surface area contributed by atoms with Gasteiger partial charge in [0.25, 0.3) is 5.91 Å². The molecule has 21 heavy (non-hydrogen) atoms. The van der Waals surface area contributed by atoms with Gasteiger partial charge in [0, 0.05) is 11.4 Å². The highest BCUT2D eigenvalue weighted by Gasteiger charge is 2.41. The number of amides is 1. The Morgan fingerprint density at radius 3 is 2.62 bits per heavy atom. The molecule has 1 saturated carbocycles. The van der Waals surface area contributed by atoms with Gasteiger partial charge in [-0.2, -0.15) is 10.2 Å². The van der Waals surface area contributed by atoms with Crippen LogP contribution in [0, 0.1) is 0 Å². The van der Waals surface area contributed by atoms with Crippen molar-refractivity contribution in [3.8, 4) is 0 Å². The molecule has 1 aromatic rings. The van der Waals surface area contributed by atoms with Gasteiger partial charge in [0.1, 0.15) is 0 Å². The summed E-state index contributed by atoms with van der Waals surface area (Å²) >= 11 is 6.48. The molecule has 1 fully saturated rings. The largest absolute Gasteiger partial charge is 0.367 e. The van der Waals surface area contributed by atoms with E-state index in [1.54, 1.807) is 0 Å².